The SMILES string of the molecule is C.C.C.C.C.C.C=CC(=O)OCCCCCCOc1ccc(CCC(=O)Oc2ccc(OC(=O)CCc3ccc(OCCCCCCOC(=O)C=C)cc3)c(C(F)(F)F)c2C(F)(F)F)cc1.C=CC(=O)OCOc1ccc(-c2ccc(C#N)cc2)cc1.C=CC(=O)OCOc1ccc(OCOc2ccc3c(c2)C(C)c2cc(OC(=O)c4ccc(OCOC(=O)C=C)cc4)ccc2-3)cc1. The van der Waals surface area contributed by atoms with Crippen LogP contribution in [0.5, 0.6) is 57.5 Å². The molecule has 0 aromatic heterocycles. The number of fused-ring (bicyclic) bond motifs is 3. The number of hydrogen-bond donors (Lipinski definition) is 0. The molecule has 0 saturated heterocycles. The highest BCUT2D eigenvalue weighted by atomic mass is 19.4. The zero-order chi connectivity index (χ0) is 91.5. The Kier molecular flexibility index (Phi) is 50.9. The summed E-state index contributed by atoms with van der Waals surface area (Å²) in [5.41, 5.74) is 3.85. The molecule has 1 unspecified atom stereocenters. The van der Waals surface area contributed by atoms with E-state index in [0.717, 1.165) is 102 Å². The lowest BCUT2D eigenvalue weighted by Gasteiger charge is -2.21. The number of nitrogens with zero attached hydrogens (tertiary/aromatic N) is 1. The second-order valence-electron chi connectivity index (χ2n) is 27.3. The number of esters is 8. The van der Waals surface area contributed by atoms with Crippen LogP contribution >= 0.6 is 0 Å². The standard InChI is InChI=1S/C44H48F6O10.C36H30O10.C17H13NO3.6CH4/c1-3-37(51)57-29-11-7-5-9-27-55-33-19-13-31(14-20-33)17-25-39(53)59-35-23-24-36(42(44(48,49)50)41(35)43(45,46)47)60-40(54)26-18-32-15-21-34(22-16-32)56-28-10-6-8-12-30-58-38(52)4-2;1-4-34(37)44-21-41-25-8-6-24(7-9-25)36(39)46-29-15-17-31-30-16-14-28(18-32(30)23(3)33(31)19-29)43-20-40-26-10-12-27(13-11-26)42-22-45-35(38)5-2;1-2-17(19)21-12-20-16-9-7-15(8-10-16)14-5-3-13(11-18)4-6-14;;;;;;/h3-4,13-16,19-24H,1-2,5-12,17-18,25-30H2;4-19,23H,1-2,20-22H2,3H3;2-10H,1,12H2;6*1H4. The monoisotopic (exact) mass is 1850 g/mol. The summed E-state index contributed by atoms with van der Waals surface area (Å²) in [7, 11) is 0. The number of halogens is 6. The summed E-state index contributed by atoms with van der Waals surface area (Å²) in [6.45, 7) is 19.5. The van der Waals surface area contributed by atoms with E-state index < -0.39 is 95.6 Å². The van der Waals surface area contributed by atoms with E-state index >= 15 is 0 Å². The van der Waals surface area contributed by atoms with Gasteiger partial charge in [-0.05, 0) is 242 Å². The highest BCUT2D eigenvalue weighted by Gasteiger charge is 2.49. The van der Waals surface area contributed by atoms with Crippen LogP contribution in [0.15, 0.2) is 257 Å². The summed E-state index contributed by atoms with van der Waals surface area (Å²) in [5.74, 6) is -3.99. The number of nitriles is 1. The molecule has 1 aliphatic carbocycles. The summed E-state index contributed by atoms with van der Waals surface area (Å²) in [6.07, 6.45) is -0.539. The molecule has 0 bridgehead atoms. The lowest BCUT2D eigenvalue weighted by molar-refractivity contribution is -0.165. The van der Waals surface area contributed by atoms with Crippen LogP contribution in [0.25, 0.3) is 22.3 Å². The molecule has 10 rings (SSSR count). The quantitative estimate of drug-likeness (QED) is 0.00651. The third-order valence-electron chi connectivity index (χ3n) is 18.5. The Balaban J connectivity index is 0.000000724. The predicted octanol–water partition coefficient (Wildman–Crippen LogP) is 23.8. The van der Waals surface area contributed by atoms with Crippen LogP contribution in [0, 0.1) is 11.3 Å². The fraction of sp³-hybridized carbons (Fsp3) is 0.291. The third-order valence-corrected chi connectivity index (χ3v) is 18.5. The lowest BCUT2D eigenvalue weighted by Crippen LogP contribution is -2.22. The molecule has 0 N–H and O–H groups in total. The Morgan fingerprint density at radius 3 is 1.02 bits per heavy atom. The number of alkyl halides is 6. The minimum absolute atomic E-state index is 0. The van der Waals surface area contributed by atoms with E-state index in [2.05, 4.69) is 45.9 Å². The summed E-state index contributed by atoms with van der Waals surface area (Å²) < 4.78 is 164. The molecule has 0 spiro atoms. The molecule has 0 fully saturated rings. The van der Waals surface area contributed by atoms with Gasteiger partial charge in [0.05, 0.1) is 43.6 Å². The van der Waals surface area contributed by atoms with E-state index in [-0.39, 0.29) is 90.5 Å². The van der Waals surface area contributed by atoms with Crippen LogP contribution in [-0.4, -0.2) is 101 Å². The zero-order valence-corrected chi connectivity index (χ0v) is 69.2. The van der Waals surface area contributed by atoms with Gasteiger partial charge in [0, 0.05) is 49.1 Å². The zero-order valence-electron chi connectivity index (χ0n) is 69.2. The Morgan fingerprint density at radius 1 is 0.346 bits per heavy atom. The van der Waals surface area contributed by atoms with Crippen molar-refractivity contribution in [1.82, 2.24) is 0 Å². The van der Waals surface area contributed by atoms with E-state index in [0.29, 0.717) is 120 Å². The van der Waals surface area contributed by atoms with Crippen molar-refractivity contribution in [2.75, 3.05) is 53.6 Å². The van der Waals surface area contributed by atoms with E-state index in [1.165, 1.54) is 0 Å². The fourth-order valence-corrected chi connectivity index (χ4v) is 12.0. The topological polar surface area (TPSA) is 299 Å². The van der Waals surface area contributed by atoms with E-state index in [1.807, 2.05) is 54.6 Å². The molecular formula is C103H115F6NO23. The first-order chi connectivity index (χ1) is 61.2. The molecule has 133 heavy (non-hydrogen) atoms. The van der Waals surface area contributed by atoms with Gasteiger partial charge in [-0.1, -0.05) is 145 Å². The Labute approximate surface area is 773 Å². The molecule has 0 radical (unpaired) electrons. The third kappa shape index (κ3) is 38.8. The molecule has 24 nitrogen and oxygen atoms in total. The number of hydrogen-bond acceptors (Lipinski definition) is 24. The number of aryl methyl sites for hydroxylation is 2. The molecule has 712 valence electrons. The predicted molar refractivity (Wildman–Crippen MR) is 493 cm³/mol. The Morgan fingerprint density at radius 2 is 0.647 bits per heavy atom. The minimum Gasteiger partial charge on any atom is -0.494 e. The second kappa shape index (κ2) is 59.3. The molecule has 0 amide bonds. The van der Waals surface area contributed by atoms with Gasteiger partial charge < -0.3 is 71.1 Å². The van der Waals surface area contributed by atoms with Gasteiger partial charge in [0.25, 0.3) is 0 Å². The van der Waals surface area contributed by atoms with E-state index in [4.69, 9.17) is 76.3 Å². The molecular weight excluding hydrogens is 1730 g/mol. The van der Waals surface area contributed by atoms with Gasteiger partial charge in [-0.15, -0.1) is 0 Å². The summed E-state index contributed by atoms with van der Waals surface area (Å²) >= 11 is 0. The molecule has 9 aromatic carbocycles. The second-order valence-corrected chi connectivity index (χ2v) is 27.3. The van der Waals surface area contributed by atoms with Crippen molar-refractivity contribution in [1.29, 1.82) is 5.26 Å². The highest BCUT2D eigenvalue weighted by molar-refractivity contribution is 5.92. The van der Waals surface area contributed by atoms with Gasteiger partial charge in [-0.25, -0.2) is 28.8 Å². The number of carbonyl (C=O) groups excluding carboxylic acids is 8. The van der Waals surface area contributed by atoms with Crippen LogP contribution in [0.4, 0.5) is 26.3 Å². The molecule has 1 atom stereocenters. The minimum atomic E-state index is -5.65. The average molecular weight is 1850 g/mol. The maximum atomic E-state index is 14.2. The van der Waals surface area contributed by atoms with E-state index in [9.17, 15) is 64.7 Å². The first kappa shape index (κ1) is 114. The maximum Gasteiger partial charge on any atom is 0.420 e. The molecule has 30 heteroatoms. The maximum absolute atomic E-state index is 14.2. The van der Waals surface area contributed by atoms with Gasteiger partial charge in [0.15, 0.2) is 0 Å². The van der Waals surface area contributed by atoms with Crippen LogP contribution in [0.1, 0.15) is 171 Å². The largest absolute Gasteiger partial charge is 0.494 e. The van der Waals surface area contributed by atoms with Crippen molar-refractivity contribution < 1.29 is 136 Å². The van der Waals surface area contributed by atoms with Gasteiger partial charge in [-0.3, -0.25) is 9.59 Å². The van der Waals surface area contributed by atoms with Gasteiger partial charge in [0.2, 0.25) is 27.2 Å². The van der Waals surface area contributed by atoms with Gasteiger partial charge in [-0.2, -0.15) is 31.6 Å². The van der Waals surface area contributed by atoms with Crippen LogP contribution < -0.4 is 47.4 Å². The van der Waals surface area contributed by atoms with Crippen LogP contribution in [0.2, 0.25) is 0 Å². The molecule has 1 aliphatic rings. The van der Waals surface area contributed by atoms with Crippen molar-refractivity contribution in [3.05, 3.63) is 302 Å². The lowest BCUT2D eigenvalue weighted by atomic mass is 9.99. The van der Waals surface area contributed by atoms with Crippen LogP contribution in [0.3, 0.4) is 0 Å². The molecule has 9 aromatic rings. The number of carbonyl (C=O) groups is 8. The fourth-order valence-electron chi connectivity index (χ4n) is 12.0. The molecule has 0 aliphatic heterocycles. The van der Waals surface area contributed by atoms with Crippen molar-refractivity contribution in [3.8, 4) is 85.8 Å². The van der Waals surface area contributed by atoms with Crippen LogP contribution in [-0.2, 0) is 82.4 Å². The normalized spacial score (nSPS) is 10.9. The van der Waals surface area contributed by atoms with Crippen molar-refractivity contribution in [2.45, 2.75) is 147 Å². The van der Waals surface area contributed by atoms with E-state index in [1.54, 1.807) is 127 Å². The van der Waals surface area contributed by atoms with Crippen molar-refractivity contribution in [2.24, 2.45) is 0 Å². The number of unbranched alkanes of at least 4 members (excludes halogenated alkanes) is 6. The smallest absolute Gasteiger partial charge is 0.420 e. The van der Waals surface area contributed by atoms with Crippen molar-refractivity contribution in [3.63, 3.8) is 0 Å². The molecule has 0 saturated carbocycles. The summed E-state index contributed by atoms with van der Waals surface area (Å²) in [4.78, 5) is 93.1. The highest BCUT2D eigenvalue weighted by Crippen LogP contribution is 2.50. The number of benzene rings is 9. The first-order valence-corrected chi connectivity index (χ1v) is 39.7. The van der Waals surface area contributed by atoms with Crippen molar-refractivity contribution >= 4 is 47.8 Å². The number of rotatable bonds is 45. The first-order valence-electron chi connectivity index (χ1n) is 39.7. The Bertz CT molecular complexity index is 5130. The molecule has 0 heterocycles. The summed E-state index contributed by atoms with van der Waals surface area (Å²) in [6, 6.07) is 55.5. The van der Waals surface area contributed by atoms with Gasteiger partial charge >= 0.3 is 60.1 Å². The van der Waals surface area contributed by atoms with Gasteiger partial charge in [0.1, 0.15) is 68.6 Å². The average Bonchev–Trinajstić information content (AvgIpc) is 1.69. The number of ether oxygens (including phenoxy) is 15. The summed E-state index contributed by atoms with van der Waals surface area (Å²) in [5, 5.41) is 8.77. The Hall–Kier alpha value is -14.9.